The summed E-state index contributed by atoms with van der Waals surface area (Å²) in [6, 6.07) is 8.29. The van der Waals surface area contributed by atoms with Gasteiger partial charge in [0.05, 0.1) is 17.3 Å². The summed E-state index contributed by atoms with van der Waals surface area (Å²) >= 11 is 0. The summed E-state index contributed by atoms with van der Waals surface area (Å²) in [5.74, 6) is -3.62. The zero-order chi connectivity index (χ0) is 22.1. The third-order valence-corrected chi connectivity index (χ3v) is 5.38. The van der Waals surface area contributed by atoms with E-state index in [1.807, 2.05) is 6.92 Å². The molecule has 9 nitrogen and oxygen atoms in total. The number of ketones is 1. The molecule has 3 rings (SSSR count). The zero-order valence-corrected chi connectivity index (χ0v) is 16.8. The van der Waals surface area contributed by atoms with Gasteiger partial charge in [0.2, 0.25) is 11.6 Å². The number of hydrogen-bond acceptors (Lipinski definition) is 7. The van der Waals surface area contributed by atoms with Gasteiger partial charge in [-0.2, -0.15) is 5.26 Å². The Morgan fingerprint density at radius 3 is 2.67 bits per heavy atom. The van der Waals surface area contributed by atoms with Crippen molar-refractivity contribution in [1.29, 1.82) is 10.7 Å². The maximum Gasteiger partial charge on any atom is 0.354 e. The lowest BCUT2D eigenvalue weighted by molar-refractivity contribution is -0.159. The van der Waals surface area contributed by atoms with E-state index in [1.165, 1.54) is 16.7 Å². The molecular weight excluding hydrogens is 388 g/mol. The van der Waals surface area contributed by atoms with E-state index in [0.717, 1.165) is 0 Å². The highest BCUT2D eigenvalue weighted by Gasteiger charge is 2.61. The van der Waals surface area contributed by atoms with Crippen LogP contribution >= 0.6 is 0 Å². The van der Waals surface area contributed by atoms with Gasteiger partial charge in [-0.3, -0.25) is 19.3 Å². The lowest BCUT2D eigenvalue weighted by Gasteiger charge is -2.48. The SMILES string of the molecule is CCCN1C(=O)c2ccccc2N2C(=O)CC[C@@]12C(=O)OCC(=O)[C@@H](C#N)C(C)=N. The number of fused-ring (bicyclic) bond motifs is 3. The van der Waals surface area contributed by atoms with E-state index in [0.29, 0.717) is 17.7 Å². The molecule has 0 unspecified atom stereocenters. The van der Waals surface area contributed by atoms with Gasteiger partial charge in [-0.05, 0) is 25.5 Å². The Morgan fingerprint density at radius 1 is 1.33 bits per heavy atom. The Balaban J connectivity index is 1.99. The molecule has 1 N–H and O–H groups in total. The fraction of sp³-hybridized carbons (Fsp3) is 0.429. The van der Waals surface area contributed by atoms with Crippen LogP contribution in [-0.2, 0) is 19.1 Å². The number of nitrogens with zero attached hydrogens (tertiary/aromatic N) is 3. The molecule has 30 heavy (non-hydrogen) atoms. The number of rotatable bonds is 7. The topological polar surface area (TPSA) is 132 Å². The molecule has 2 amide bonds. The van der Waals surface area contributed by atoms with Crippen molar-refractivity contribution in [3.05, 3.63) is 29.8 Å². The van der Waals surface area contributed by atoms with Crippen LogP contribution in [0.3, 0.4) is 0 Å². The van der Waals surface area contributed by atoms with Crippen molar-refractivity contribution in [2.75, 3.05) is 18.1 Å². The van der Waals surface area contributed by atoms with Crippen LogP contribution in [0.2, 0.25) is 0 Å². The molecule has 2 aliphatic heterocycles. The van der Waals surface area contributed by atoms with Crippen LogP contribution in [-0.4, -0.2) is 53.0 Å². The number of nitrogens with one attached hydrogen (secondary N) is 1. The highest BCUT2D eigenvalue weighted by molar-refractivity contribution is 6.15. The minimum absolute atomic E-state index is 0.0458. The summed E-state index contributed by atoms with van der Waals surface area (Å²) in [5, 5.41) is 16.6. The van der Waals surface area contributed by atoms with E-state index in [1.54, 1.807) is 30.3 Å². The fourth-order valence-electron chi connectivity index (χ4n) is 4.02. The van der Waals surface area contributed by atoms with Gasteiger partial charge in [0.25, 0.3) is 5.91 Å². The first kappa shape index (κ1) is 21.2. The Kier molecular flexibility index (Phi) is 5.69. The second-order valence-corrected chi connectivity index (χ2v) is 7.31. The molecule has 0 bridgehead atoms. The Bertz CT molecular complexity index is 982. The van der Waals surface area contributed by atoms with E-state index < -0.39 is 29.9 Å². The van der Waals surface area contributed by atoms with E-state index in [2.05, 4.69) is 0 Å². The van der Waals surface area contributed by atoms with Gasteiger partial charge in [-0.1, -0.05) is 19.1 Å². The first-order valence-corrected chi connectivity index (χ1v) is 9.68. The molecule has 1 aromatic carbocycles. The van der Waals surface area contributed by atoms with Crippen LogP contribution in [0.1, 0.15) is 43.5 Å². The number of carbonyl (C=O) groups excluding carboxylic acids is 4. The third kappa shape index (κ3) is 3.14. The largest absolute Gasteiger partial charge is 0.454 e. The van der Waals surface area contributed by atoms with Crippen molar-refractivity contribution in [3.63, 3.8) is 0 Å². The van der Waals surface area contributed by atoms with Crippen molar-refractivity contribution in [2.24, 2.45) is 5.92 Å². The van der Waals surface area contributed by atoms with E-state index in [4.69, 9.17) is 15.4 Å². The maximum absolute atomic E-state index is 13.3. The number of benzene rings is 1. The number of para-hydroxylation sites is 1. The van der Waals surface area contributed by atoms with Crippen LogP contribution in [0.5, 0.6) is 0 Å². The molecule has 1 saturated heterocycles. The van der Waals surface area contributed by atoms with Gasteiger partial charge in [0, 0.05) is 25.1 Å². The van der Waals surface area contributed by atoms with Gasteiger partial charge in [0.15, 0.2) is 12.4 Å². The number of ether oxygens (including phenoxy) is 1. The average molecular weight is 410 g/mol. The second-order valence-electron chi connectivity index (χ2n) is 7.31. The van der Waals surface area contributed by atoms with Crippen LogP contribution in [0.15, 0.2) is 24.3 Å². The standard InChI is InChI=1S/C21H22N4O5/c1-3-10-24-19(28)14-6-4-5-7-16(14)25-18(27)8-9-21(24,25)20(29)30-12-17(26)15(11-22)13(2)23/h4-7,15,23H,3,8-10,12H2,1-2H3/t15-,21+/m0/s1. The lowest BCUT2D eigenvalue weighted by atomic mass is 9.96. The molecule has 2 aliphatic rings. The van der Waals surface area contributed by atoms with Crippen molar-refractivity contribution < 1.29 is 23.9 Å². The molecule has 156 valence electrons. The molecule has 9 heteroatoms. The zero-order valence-electron chi connectivity index (χ0n) is 16.8. The number of carbonyl (C=O) groups is 4. The molecule has 1 fully saturated rings. The average Bonchev–Trinajstić information content (AvgIpc) is 3.08. The summed E-state index contributed by atoms with van der Waals surface area (Å²) in [5.41, 5.74) is -1.15. The van der Waals surface area contributed by atoms with Crippen molar-refractivity contribution in [2.45, 2.75) is 38.8 Å². The van der Waals surface area contributed by atoms with Crippen molar-refractivity contribution in [1.82, 2.24) is 4.90 Å². The first-order chi connectivity index (χ1) is 14.3. The maximum atomic E-state index is 13.3. The first-order valence-electron chi connectivity index (χ1n) is 9.68. The molecule has 0 aliphatic carbocycles. The second kappa shape index (κ2) is 8.06. The predicted octanol–water partition coefficient (Wildman–Crippen LogP) is 1.67. The number of anilines is 1. The summed E-state index contributed by atoms with van der Waals surface area (Å²) in [4.78, 5) is 54.1. The highest BCUT2D eigenvalue weighted by Crippen LogP contribution is 2.45. The number of esters is 1. The molecule has 2 heterocycles. The number of amides is 2. The summed E-state index contributed by atoms with van der Waals surface area (Å²) in [6.07, 6.45) is 0.642. The van der Waals surface area contributed by atoms with Crippen molar-refractivity contribution in [3.8, 4) is 6.07 Å². The summed E-state index contributed by atoms with van der Waals surface area (Å²) in [6.45, 7) is 2.68. The summed E-state index contributed by atoms with van der Waals surface area (Å²) < 4.78 is 5.25. The van der Waals surface area contributed by atoms with Gasteiger partial charge >= 0.3 is 5.97 Å². The number of Topliss-reactive ketones (excluding diaryl/α,β-unsaturated/α-hetero) is 1. The minimum atomic E-state index is -1.67. The fourth-order valence-corrected chi connectivity index (χ4v) is 4.02. The van der Waals surface area contributed by atoms with Gasteiger partial charge in [-0.25, -0.2) is 4.79 Å². The van der Waals surface area contributed by atoms with E-state index in [-0.39, 0.29) is 36.9 Å². The van der Waals surface area contributed by atoms with Crippen LogP contribution in [0.25, 0.3) is 0 Å². The van der Waals surface area contributed by atoms with E-state index >= 15 is 0 Å². The number of nitriles is 1. The number of hydrogen-bond donors (Lipinski definition) is 1. The van der Waals surface area contributed by atoms with Gasteiger partial charge in [-0.15, -0.1) is 0 Å². The predicted molar refractivity (Wildman–Crippen MR) is 106 cm³/mol. The molecule has 1 aromatic rings. The molecule has 0 spiro atoms. The Labute approximate surface area is 173 Å². The molecule has 0 radical (unpaired) electrons. The van der Waals surface area contributed by atoms with E-state index in [9.17, 15) is 19.2 Å². The molecule has 0 saturated carbocycles. The smallest absolute Gasteiger partial charge is 0.354 e. The lowest BCUT2D eigenvalue weighted by Crippen LogP contribution is -2.68. The molecule has 2 atom stereocenters. The summed E-state index contributed by atoms with van der Waals surface area (Å²) in [7, 11) is 0. The monoisotopic (exact) mass is 410 g/mol. The Morgan fingerprint density at radius 2 is 2.03 bits per heavy atom. The normalized spacial score (nSPS) is 20.8. The minimum Gasteiger partial charge on any atom is -0.454 e. The van der Waals surface area contributed by atoms with Crippen LogP contribution in [0.4, 0.5) is 5.69 Å². The third-order valence-electron chi connectivity index (χ3n) is 5.38. The van der Waals surface area contributed by atoms with Gasteiger partial charge < -0.3 is 15.0 Å². The highest BCUT2D eigenvalue weighted by atomic mass is 16.5. The van der Waals surface area contributed by atoms with Crippen LogP contribution in [0, 0.1) is 22.7 Å². The molecular formula is C21H22N4O5. The molecule has 0 aromatic heterocycles. The van der Waals surface area contributed by atoms with Crippen LogP contribution < -0.4 is 4.90 Å². The van der Waals surface area contributed by atoms with Gasteiger partial charge in [0.1, 0.15) is 5.92 Å². The quantitative estimate of drug-likeness (QED) is 0.537. The van der Waals surface area contributed by atoms with Crippen molar-refractivity contribution >= 4 is 35.0 Å². The Hall–Kier alpha value is -3.54.